The molecule has 1 aliphatic rings. The molecule has 1 heterocycles. The molecule has 138 valence electrons. The van der Waals surface area contributed by atoms with Crippen LogP contribution in [0.15, 0.2) is 34.1 Å². The lowest BCUT2D eigenvalue weighted by molar-refractivity contribution is -0.755. The number of nitrogens with two attached hydrogens (primary N) is 1. The number of sulfonamides is 2. The second-order valence-electron chi connectivity index (χ2n) is 4.79. The summed E-state index contributed by atoms with van der Waals surface area (Å²) in [5, 5.41) is 16.7. The van der Waals surface area contributed by atoms with Crippen molar-refractivity contribution < 1.29 is 26.8 Å². The molecule has 1 aliphatic heterocycles. The highest BCUT2D eigenvalue weighted by Crippen LogP contribution is 2.35. The van der Waals surface area contributed by atoms with Gasteiger partial charge in [-0.3, -0.25) is 0 Å². The lowest BCUT2D eigenvalue weighted by Gasteiger charge is -2.29. The zero-order valence-electron chi connectivity index (χ0n) is 12.5. The first kappa shape index (κ1) is 19.4. The van der Waals surface area contributed by atoms with Crippen molar-refractivity contribution in [2.24, 2.45) is 5.14 Å². The SMILES string of the molecule is NS(=O)(=O)c1cc2c(cc1Cl)NCN(CC=CCO[N+](=O)[O-])S2(=O)=O. The van der Waals surface area contributed by atoms with Gasteiger partial charge in [0.25, 0.3) is 5.09 Å². The zero-order valence-corrected chi connectivity index (χ0v) is 14.8. The molecular weight excluding hydrogens is 400 g/mol. The van der Waals surface area contributed by atoms with Gasteiger partial charge in [-0.25, -0.2) is 22.0 Å². The summed E-state index contributed by atoms with van der Waals surface area (Å²) in [5.41, 5.74) is 0.148. The summed E-state index contributed by atoms with van der Waals surface area (Å²) < 4.78 is 49.2. The van der Waals surface area contributed by atoms with E-state index in [1.807, 2.05) is 0 Å². The molecule has 0 saturated carbocycles. The van der Waals surface area contributed by atoms with Crippen LogP contribution in [0.25, 0.3) is 0 Å². The van der Waals surface area contributed by atoms with E-state index in [1.165, 1.54) is 18.2 Å². The Balaban J connectivity index is 2.28. The predicted octanol–water partition coefficient (Wildman–Crippen LogP) is 0.126. The average Bonchev–Trinajstić information content (AvgIpc) is 2.46. The van der Waals surface area contributed by atoms with Gasteiger partial charge >= 0.3 is 0 Å². The van der Waals surface area contributed by atoms with E-state index in [0.29, 0.717) is 0 Å². The first-order valence-electron chi connectivity index (χ1n) is 6.56. The van der Waals surface area contributed by atoms with E-state index in [9.17, 15) is 26.9 Å². The Bertz CT molecular complexity index is 930. The van der Waals surface area contributed by atoms with Crippen LogP contribution in [0, 0.1) is 10.1 Å². The molecule has 0 atom stereocenters. The number of halogens is 1. The third-order valence-electron chi connectivity index (χ3n) is 3.16. The van der Waals surface area contributed by atoms with Crippen LogP contribution in [0.5, 0.6) is 0 Å². The van der Waals surface area contributed by atoms with Crippen LogP contribution in [-0.2, 0) is 24.9 Å². The summed E-state index contributed by atoms with van der Waals surface area (Å²) in [4.78, 5) is 13.3. The summed E-state index contributed by atoms with van der Waals surface area (Å²) >= 11 is 5.83. The molecule has 0 amide bonds. The smallest absolute Gasteiger partial charge is 0.294 e. The van der Waals surface area contributed by atoms with Crippen molar-refractivity contribution in [1.29, 1.82) is 0 Å². The van der Waals surface area contributed by atoms with Crippen LogP contribution in [0.4, 0.5) is 5.69 Å². The molecule has 11 nitrogen and oxygen atoms in total. The molecule has 0 unspecified atom stereocenters. The molecule has 0 aromatic heterocycles. The first-order chi connectivity index (χ1) is 11.5. The molecule has 0 radical (unpaired) electrons. The molecule has 0 saturated heterocycles. The van der Waals surface area contributed by atoms with E-state index in [4.69, 9.17) is 16.7 Å². The van der Waals surface area contributed by atoms with E-state index in [-0.39, 0.29) is 35.4 Å². The molecule has 0 aliphatic carbocycles. The van der Waals surface area contributed by atoms with Gasteiger partial charge in [0.05, 0.1) is 17.4 Å². The molecule has 25 heavy (non-hydrogen) atoms. The fourth-order valence-electron chi connectivity index (χ4n) is 2.03. The topological polar surface area (TPSA) is 162 Å². The fraction of sp³-hybridized carbons (Fsp3) is 0.273. The molecule has 1 aromatic rings. The second kappa shape index (κ2) is 7.13. The minimum Gasteiger partial charge on any atom is -0.370 e. The quantitative estimate of drug-likeness (QED) is 0.378. The second-order valence-corrected chi connectivity index (χ2v) is 8.63. The van der Waals surface area contributed by atoms with Gasteiger partial charge in [-0.1, -0.05) is 23.8 Å². The van der Waals surface area contributed by atoms with Crippen LogP contribution in [0.2, 0.25) is 5.02 Å². The monoisotopic (exact) mass is 412 g/mol. The van der Waals surface area contributed by atoms with Gasteiger partial charge in [-0.05, 0) is 12.1 Å². The van der Waals surface area contributed by atoms with E-state index in [1.54, 1.807) is 0 Å². The number of hydrogen-bond donors (Lipinski definition) is 2. The number of benzene rings is 1. The Kier molecular flexibility index (Phi) is 5.53. The van der Waals surface area contributed by atoms with E-state index in [0.717, 1.165) is 10.4 Å². The number of primary sulfonamides is 1. The van der Waals surface area contributed by atoms with Crippen molar-refractivity contribution in [3.8, 4) is 0 Å². The van der Waals surface area contributed by atoms with Gasteiger partial charge < -0.3 is 10.2 Å². The maximum Gasteiger partial charge on any atom is 0.294 e. The van der Waals surface area contributed by atoms with Crippen LogP contribution < -0.4 is 10.5 Å². The largest absolute Gasteiger partial charge is 0.370 e. The summed E-state index contributed by atoms with van der Waals surface area (Å²) in [6.45, 7) is -0.528. The summed E-state index contributed by atoms with van der Waals surface area (Å²) in [6.07, 6.45) is 2.65. The fourth-order valence-corrected chi connectivity index (χ4v) is 4.67. The lowest BCUT2D eigenvalue weighted by Crippen LogP contribution is -2.40. The van der Waals surface area contributed by atoms with Gasteiger partial charge in [-0.15, -0.1) is 10.1 Å². The van der Waals surface area contributed by atoms with Gasteiger partial charge in [0.2, 0.25) is 20.0 Å². The summed E-state index contributed by atoms with van der Waals surface area (Å²) in [6, 6.07) is 2.06. The third kappa shape index (κ3) is 4.38. The standard InChI is InChI=1S/C11H13ClN4O7S2/c12-8-5-9-11(6-10(8)24(13,19)20)25(21,22)15(7-14-9)3-1-2-4-23-16(17)18/h1-2,5-6,14H,3-4,7H2,(H2,13,19,20). The van der Waals surface area contributed by atoms with Gasteiger partial charge in [-0.2, -0.15) is 4.31 Å². The Labute approximate surface area is 148 Å². The Hall–Kier alpha value is -1.93. The highest BCUT2D eigenvalue weighted by Gasteiger charge is 2.33. The van der Waals surface area contributed by atoms with Crippen molar-refractivity contribution in [2.75, 3.05) is 25.1 Å². The van der Waals surface area contributed by atoms with Crippen molar-refractivity contribution in [2.45, 2.75) is 9.79 Å². The molecule has 0 fully saturated rings. The Morgan fingerprint density at radius 2 is 2.12 bits per heavy atom. The zero-order chi connectivity index (χ0) is 18.8. The normalized spacial score (nSPS) is 17.0. The highest BCUT2D eigenvalue weighted by atomic mass is 35.5. The number of rotatable bonds is 6. The van der Waals surface area contributed by atoms with Gasteiger partial charge in [0.1, 0.15) is 16.4 Å². The molecule has 3 N–H and O–H groups in total. The number of nitrogens with one attached hydrogen (secondary N) is 1. The van der Waals surface area contributed by atoms with Crippen LogP contribution in [0.3, 0.4) is 0 Å². The molecule has 14 heteroatoms. The van der Waals surface area contributed by atoms with Crippen LogP contribution in [0.1, 0.15) is 0 Å². The van der Waals surface area contributed by atoms with Crippen LogP contribution in [-0.4, -0.2) is 46.0 Å². The van der Waals surface area contributed by atoms with Gasteiger partial charge in [0.15, 0.2) is 0 Å². The summed E-state index contributed by atoms with van der Waals surface area (Å²) in [5.74, 6) is 0. The van der Waals surface area contributed by atoms with Crippen molar-refractivity contribution >= 4 is 37.3 Å². The van der Waals surface area contributed by atoms with Crippen molar-refractivity contribution in [3.05, 3.63) is 39.4 Å². The Morgan fingerprint density at radius 3 is 2.72 bits per heavy atom. The maximum absolute atomic E-state index is 12.6. The highest BCUT2D eigenvalue weighted by molar-refractivity contribution is 7.90. The Morgan fingerprint density at radius 1 is 1.44 bits per heavy atom. The number of nitrogens with zero attached hydrogens (tertiary/aromatic N) is 2. The maximum atomic E-state index is 12.6. The minimum atomic E-state index is -4.20. The number of fused-ring (bicyclic) bond motifs is 1. The van der Waals surface area contributed by atoms with E-state index in [2.05, 4.69) is 10.2 Å². The predicted molar refractivity (Wildman–Crippen MR) is 87.3 cm³/mol. The average molecular weight is 413 g/mol. The summed E-state index contributed by atoms with van der Waals surface area (Å²) in [7, 11) is -8.22. The number of hydrogen-bond acceptors (Lipinski definition) is 8. The minimum absolute atomic E-state index is 0.0964. The molecule has 1 aromatic carbocycles. The third-order valence-corrected chi connectivity index (χ3v) is 6.38. The van der Waals surface area contributed by atoms with E-state index < -0.39 is 30.0 Å². The van der Waals surface area contributed by atoms with Gasteiger partial charge in [0, 0.05) is 6.54 Å². The van der Waals surface area contributed by atoms with Crippen molar-refractivity contribution in [1.82, 2.24) is 4.31 Å². The van der Waals surface area contributed by atoms with Crippen LogP contribution >= 0.6 is 11.6 Å². The molecule has 2 rings (SSSR count). The molecular formula is C11H13ClN4O7S2. The number of anilines is 1. The molecule has 0 spiro atoms. The van der Waals surface area contributed by atoms with Crippen molar-refractivity contribution in [3.63, 3.8) is 0 Å². The molecule has 0 bridgehead atoms. The lowest BCUT2D eigenvalue weighted by atomic mass is 10.3. The first-order valence-corrected chi connectivity index (χ1v) is 9.92. The van der Waals surface area contributed by atoms with E-state index >= 15 is 0 Å².